The van der Waals surface area contributed by atoms with Gasteiger partial charge in [0.1, 0.15) is 5.82 Å². The predicted octanol–water partition coefficient (Wildman–Crippen LogP) is 0.114. The molecular weight excluding hydrogens is 206 g/mol. The van der Waals surface area contributed by atoms with Gasteiger partial charge in [-0.05, 0) is 6.42 Å². The Hall–Kier alpha value is -1.23. The molecule has 0 aliphatic carbocycles. The molecule has 0 amide bonds. The molecule has 1 aromatic rings. The van der Waals surface area contributed by atoms with Crippen molar-refractivity contribution in [3.63, 3.8) is 0 Å². The maximum atomic E-state index is 11.2. The Bertz CT molecular complexity index is 379. The zero-order valence-corrected chi connectivity index (χ0v) is 8.60. The van der Waals surface area contributed by atoms with Gasteiger partial charge in [0, 0.05) is 25.5 Å². The van der Waals surface area contributed by atoms with Gasteiger partial charge >= 0.3 is 5.69 Å². The number of aromatic nitrogens is 2. The first-order chi connectivity index (χ1) is 6.65. The van der Waals surface area contributed by atoms with Crippen molar-refractivity contribution in [2.75, 3.05) is 17.7 Å². The van der Waals surface area contributed by atoms with Gasteiger partial charge < -0.3 is 5.32 Å². The highest BCUT2D eigenvalue weighted by Crippen LogP contribution is 1.94. The van der Waals surface area contributed by atoms with E-state index >= 15 is 0 Å². The van der Waals surface area contributed by atoms with Crippen LogP contribution in [0.5, 0.6) is 0 Å². The molecule has 0 unspecified atom stereocenters. The number of alkyl halides is 1. The van der Waals surface area contributed by atoms with Gasteiger partial charge in [0.15, 0.2) is 0 Å². The summed E-state index contributed by atoms with van der Waals surface area (Å²) in [5.74, 6) is 0.977. The zero-order chi connectivity index (χ0) is 10.6. The van der Waals surface area contributed by atoms with Crippen LogP contribution in [0.15, 0.2) is 15.7 Å². The maximum absolute atomic E-state index is 11.2. The van der Waals surface area contributed by atoms with Crippen molar-refractivity contribution < 1.29 is 0 Å². The minimum absolute atomic E-state index is 0.331. The lowest BCUT2D eigenvalue weighted by molar-refractivity contribution is 0.775. The van der Waals surface area contributed by atoms with Gasteiger partial charge in [0.25, 0.3) is 5.56 Å². The van der Waals surface area contributed by atoms with Crippen molar-refractivity contribution in [2.45, 2.75) is 6.42 Å². The molecule has 0 aliphatic heterocycles. The summed E-state index contributed by atoms with van der Waals surface area (Å²) in [6.45, 7) is 0.632. The Morgan fingerprint density at radius 1 is 1.57 bits per heavy atom. The number of anilines is 1. The first-order valence-corrected chi connectivity index (χ1v) is 4.79. The van der Waals surface area contributed by atoms with Crippen molar-refractivity contribution >= 4 is 17.4 Å². The summed E-state index contributed by atoms with van der Waals surface area (Å²) in [5, 5.41) is 2.90. The Kier molecular flexibility index (Phi) is 3.76. The number of nitrogens with one attached hydrogen (secondary N) is 2. The van der Waals surface area contributed by atoms with E-state index in [0.29, 0.717) is 18.2 Å². The monoisotopic (exact) mass is 217 g/mol. The number of aromatic amines is 1. The van der Waals surface area contributed by atoms with E-state index < -0.39 is 5.69 Å². The maximum Gasteiger partial charge on any atom is 0.329 e. The third-order valence-electron chi connectivity index (χ3n) is 1.77. The molecule has 0 saturated carbocycles. The number of hydrogen-bond donors (Lipinski definition) is 2. The fraction of sp³-hybridized carbons (Fsp3) is 0.500. The molecule has 1 aromatic heterocycles. The van der Waals surface area contributed by atoms with E-state index in [2.05, 4.69) is 10.3 Å². The molecule has 0 saturated heterocycles. The van der Waals surface area contributed by atoms with Crippen LogP contribution in [0.2, 0.25) is 0 Å². The SMILES string of the molecule is Cn1c(=O)cc(NCCCCl)[nH]c1=O. The van der Waals surface area contributed by atoms with E-state index in [9.17, 15) is 9.59 Å². The van der Waals surface area contributed by atoms with Gasteiger partial charge in [-0.25, -0.2) is 4.79 Å². The Labute approximate surface area is 85.7 Å². The third-order valence-corrected chi connectivity index (χ3v) is 2.04. The lowest BCUT2D eigenvalue weighted by Crippen LogP contribution is -2.32. The Balaban J connectivity index is 2.80. The fourth-order valence-corrected chi connectivity index (χ4v) is 1.07. The molecule has 0 atom stereocenters. The summed E-state index contributed by atoms with van der Waals surface area (Å²) >= 11 is 5.48. The van der Waals surface area contributed by atoms with Crippen LogP contribution in [0.3, 0.4) is 0 Å². The van der Waals surface area contributed by atoms with Gasteiger partial charge in [0.2, 0.25) is 0 Å². The highest BCUT2D eigenvalue weighted by Gasteiger charge is 1.98. The van der Waals surface area contributed by atoms with Crippen LogP contribution in [0, 0.1) is 0 Å². The van der Waals surface area contributed by atoms with E-state index in [0.717, 1.165) is 11.0 Å². The fourth-order valence-electron chi connectivity index (χ4n) is 0.941. The van der Waals surface area contributed by atoms with Gasteiger partial charge in [-0.1, -0.05) is 0 Å². The molecule has 0 aromatic carbocycles. The summed E-state index contributed by atoms with van der Waals surface area (Å²) < 4.78 is 1.01. The van der Waals surface area contributed by atoms with Gasteiger partial charge in [-0.2, -0.15) is 0 Å². The second kappa shape index (κ2) is 4.85. The van der Waals surface area contributed by atoms with Crippen molar-refractivity contribution in [3.05, 3.63) is 26.9 Å². The van der Waals surface area contributed by atoms with Crippen LogP contribution >= 0.6 is 11.6 Å². The first kappa shape index (κ1) is 10.8. The summed E-state index contributed by atoms with van der Waals surface area (Å²) in [4.78, 5) is 24.8. The Morgan fingerprint density at radius 3 is 2.86 bits per heavy atom. The number of halogens is 1. The summed E-state index contributed by atoms with van der Waals surface area (Å²) in [6.07, 6.45) is 0.777. The molecule has 0 fully saturated rings. The van der Waals surface area contributed by atoms with Crippen molar-refractivity contribution in [3.8, 4) is 0 Å². The summed E-state index contributed by atoms with van der Waals surface area (Å²) in [6, 6.07) is 1.34. The van der Waals surface area contributed by atoms with E-state index in [-0.39, 0.29) is 5.56 Å². The molecule has 6 heteroatoms. The lowest BCUT2D eigenvalue weighted by atomic mass is 10.4. The standard InChI is InChI=1S/C8H12ClN3O2/c1-12-7(13)5-6(11-8(12)14)10-4-2-3-9/h5,10H,2-4H2,1H3,(H,11,14). The largest absolute Gasteiger partial charge is 0.371 e. The van der Waals surface area contributed by atoms with Crippen LogP contribution < -0.4 is 16.6 Å². The number of rotatable bonds is 4. The first-order valence-electron chi connectivity index (χ1n) is 4.25. The number of H-pyrrole nitrogens is 1. The third kappa shape index (κ3) is 2.63. The van der Waals surface area contributed by atoms with Crippen molar-refractivity contribution in [2.24, 2.45) is 7.05 Å². The van der Waals surface area contributed by atoms with E-state index in [1.165, 1.54) is 13.1 Å². The lowest BCUT2D eigenvalue weighted by Gasteiger charge is -2.04. The van der Waals surface area contributed by atoms with E-state index in [1.807, 2.05) is 0 Å². The van der Waals surface area contributed by atoms with Crippen molar-refractivity contribution in [1.29, 1.82) is 0 Å². The summed E-state index contributed by atoms with van der Waals surface area (Å²) in [5.41, 5.74) is -0.756. The minimum atomic E-state index is -0.425. The highest BCUT2D eigenvalue weighted by atomic mass is 35.5. The predicted molar refractivity (Wildman–Crippen MR) is 56.1 cm³/mol. The molecule has 0 aliphatic rings. The molecular formula is C8H12ClN3O2. The molecule has 0 spiro atoms. The van der Waals surface area contributed by atoms with Crippen LogP contribution in [-0.2, 0) is 7.05 Å². The molecule has 0 radical (unpaired) electrons. The smallest absolute Gasteiger partial charge is 0.329 e. The highest BCUT2D eigenvalue weighted by molar-refractivity contribution is 6.17. The van der Waals surface area contributed by atoms with E-state index in [1.54, 1.807) is 0 Å². The zero-order valence-electron chi connectivity index (χ0n) is 7.84. The average molecular weight is 218 g/mol. The van der Waals surface area contributed by atoms with Crippen molar-refractivity contribution in [1.82, 2.24) is 9.55 Å². The van der Waals surface area contributed by atoms with Gasteiger partial charge in [-0.3, -0.25) is 14.3 Å². The molecule has 78 valence electrons. The molecule has 5 nitrogen and oxygen atoms in total. The number of nitrogens with zero attached hydrogens (tertiary/aromatic N) is 1. The molecule has 14 heavy (non-hydrogen) atoms. The second-order valence-electron chi connectivity index (χ2n) is 2.85. The second-order valence-corrected chi connectivity index (χ2v) is 3.23. The molecule has 1 heterocycles. The van der Waals surface area contributed by atoms with Gasteiger partial charge in [-0.15, -0.1) is 11.6 Å². The van der Waals surface area contributed by atoms with E-state index in [4.69, 9.17) is 11.6 Å². The number of hydrogen-bond acceptors (Lipinski definition) is 3. The van der Waals surface area contributed by atoms with Crippen LogP contribution in [0.4, 0.5) is 5.82 Å². The van der Waals surface area contributed by atoms with Crippen LogP contribution in [0.25, 0.3) is 0 Å². The topological polar surface area (TPSA) is 66.9 Å². The molecule has 1 rings (SSSR count). The van der Waals surface area contributed by atoms with Crippen LogP contribution in [-0.4, -0.2) is 22.0 Å². The normalized spacial score (nSPS) is 10.1. The van der Waals surface area contributed by atoms with Crippen LogP contribution in [0.1, 0.15) is 6.42 Å². The summed E-state index contributed by atoms with van der Waals surface area (Å²) in [7, 11) is 1.42. The molecule has 2 N–H and O–H groups in total. The average Bonchev–Trinajstić information content (AvgIpc) is 2.14. The quantitative estimate of drug-likeness (QED) is 0.556. The molecule has 0 bridgehead atoms. The minimum Gasteiger partial charge on any atom is -0.371 e. The van der Waals surface area contributed by atoms with Gasteiger partial charge in [0.05, 0.1) is 0 Å². The Morgan fingerprint density at radius 2 is 2.29 bits per heavy atom.